The normalized spacial score (nSPS) is 14.2. The number of carbonyl (C=O) groups is 2. The first kappa shape index (κ1) is 17.0. The van der Waals surface area contributed by atoms with Gasteiger partial charge in [0.25, 0.3) is 0 Å². The predicted octanol–water partition coefficient (Wildman–Crippen LogP) is 3.65. The molecule has 0 N–H and O–H groups in total. The minimum absolute atomic E-state index is 0.0490. The predicted molar refractivity (Wildman–Crippen MR) is 88.3 cm³/mol. The maximum absolute atomic E-state index is 13.9. The van der Waals surface area contributed by atoms with E-state index in [4.69, 9.17) is 21.1 Å². The number of fused-ring (bicyclic) bond motifs is 1. The molecular formula is C18H12ClFO5. The summed E-state index contributed by atoms with van der Waals surface area (Å²) in [7, 11) is 1.25. The maximum atomic E-state index is 13.9. The number of rotatable bonds is 4. The number of benzene rings is 2. The molecule has 1 aliphatic rings. The minimum atomic E-state index is -0.561. The van der Waals surface area contributed by atoms with E-state index in [2.05, 4.69) is 4.74 Å². The Bertz CT molecular complexity index is 871. The van der Waals surface area contributed by atoms with Gasteiger partial charge in [-0.15, -0.1) is 0 Å². The second-order valence-electron chi connectivity index (χ2n) is 5.10. The fraction of sp³-hybridized carbons (Fsp3) is 0.111. The van der Waals surface area contributed by atoms with Crippen molar-refractivity contribution in [3.63, 3.8) is 0 Å². The number of halogens is 2. The summed E-state index contributed by atoms with van der Waals surface area (Å²) in [5.41, 5.74) is 0.381. The number of esters is 1. The van der Waals surface area contributed by atoms with E-state index < -0.39 is 17.6 Å². The van der Waals surface area contributed by atoms with Gasteiger partial charge >= 0.3 is 5.97 Å². The number of ketones is 1. The summed E-state index contributed by atoms with van der Waals surface area (Å²) in [6.07, 6.45) is 1.26. The second-order valence-corrected chi connectivity index (χ2v) is 5.51. The van der Waals surface area contributed by atoms with Gasteiger partial charge in [0.15, 0.2) is 12.4 Å². The topological polar surface area (TPSA) is 61.8 Å². The van der Waals surface area contributed by atoms with Crippen LogP contribution in [0.2, 0.25) is 5.02 Å². The zero-order valence-corrected chi connectivity index (χ0v) is 13.8. The summed E-state index contributed by atoms with van der Waals surface area (Å²) < 4.78 is 29.1. The van der Waals surface area contributed by atoms with E-state index in [9.17, 15) is 14.0 Å². The highest BCUT2D eigenvalue weighted by atomic mass is 35.5. The van der Waals surface area contributed by atoms with E-state index in [1.54, 1.807) is 0 Å². The molecular weight excluding hydrogens is 351 g/mol. The first-order chi connectivity index (χ1) is 12.0. The van der Waals surface area contributed by atoms with E-state index in [1.807, 2.05) is 0 Å². The Labute approximate surface area is 147 Å². The molecule has 0 saturated carbocycles. The van der Waals surface area contributed by atoms with E-state index >= 15 is 0 Å². The summed E-state index contributed by atoms with van der Waals surface area (Å²) in [6, 6.07) is 8.73. The average molecular weight is 363 g/mol. The lowest BCUT2D eigenvalue weighted by molar-refractivity contribution is -0.142. The first-order valence-electron chi connectivity index (χ1n) is 7.21. The van der Waals surface area contributed by atoms with Crippen LogP contribution >= 0.6 is 11.6 Å². The van der Waals surface area contributed by atoms with Gasteiger partial charge in [-0.25, -0.2) is 9.18 Å². The van der Waals surface area contributed by atoms with Gasteiger partial charge in [0.1, 0.15) is 17.3 Å². The second kappa shape index (κ2) is 6.94. The third-order valence-corrected chi connectivity index (χ3v) is 3.83. The number of carbonyl (C=O) groups excluding carboxylic acids is 2. The van der Waals surface area contributed by atoms with Crippen molar-refractivity contribution in [2.24, 2.45) is 0 Å². The Balaban J connectivity index is 1.86. The van der Waals surface area contributed by atoms with Crippen LogP contribution in [0.25, 0.3) is 6.08 Å². The highest BCUT2D eigenvalue weighted by Crippen LogP contribution is 2.35. The van der Waals surface area contributed by atoms with Gasteiger partial charge in [-0.05, 0) is 30.3 Å². The molecule has 0 fully saturated rings. The molecule has 2 aromatic rings. The van der Waals surface area contributed by atoms with E-state index in [1.165, 1.54) is 49.6 Å². The third-order valence-electron chi connectivity index (χ3n) is 3.50. The zero-order valence-electron chi connectivity index (χ0n) is 13.0. The average Bonchev–Trinajstić information content (AvgIpc) is 2.91. The lowest BCUT2D eigenvalue weighted by atomic mass is 10.1. The van der Waals surface area contributed by atoms with Crippen LogP contribution in [0.15, 0.2) is 42.2 Å². The molecule has 1 aliphatic heterocycles. The molecule has 0 atom stereocenters. The van der Waals surface area contributed by atoms with Crippen molar-refractivity contribution in [3.8, 4) is 11.5 Å². The molecule has 7 heteroatoms. The quantitative estimate of drug-likeness (QED) is 0.613. The number of hydrogen-bond acceptors (Lipinski definition) is 5. The molecule has 0 amide bonds. The summed E-state index contributed by atoms with van der Waals surface area (Å²) >= 11 is 5.96. The molecule has 0 aliphatic carbocycles. The van der Waals surface area contributed by atoms with Crippen LogP contribution in [-0.4, -0.2) is 25.5 Å². The summed E-state index contributed by atoms with van der Waals surface area (Å²) in [4.78, 5) is 23.5. The first-order valence-corrected chi connectivity index (χ1v) is 7.59. The van der Waals surface area contributed by atoms with Gasteiger partial charge in [0, 0.05) is 11.6 Å². The van der Waals surface area contributed by atoms with E-state index in [0.29, 0.717) is 11.3 Å². The van der Waals surface area contributed by atoms with Gasteiger partial charge in [-0.2, -0.15) is 0 Å². The third kappa shape index (κ3) is 3.49. The Morgan fingerprint density at radius 2 is 2.12 bits per heavy atom. The van der Waals surface area contributed by atoms with Crippen molar-refractivity contribution >= 4 is 29.4 Å². The lowest BCUT2D eigenvalue weighted by Crippen LogP contribution is -2.12. The van der Waals surface area contributed by atoms with Gasteiger partial charge in [-0.3, -0.25) is 4.79 Å². The molecule has 0 bridgehead atoms. The molecule has 0 radical (unpaired) electrons. The lowest BCUT2D eigenvalue weighted by Gasteiger charge is -2.05. The minimum Gasteiger partial charge on any atom is -0.482 e. The molecule has 128 valence electrons. The van der Waals surface area contributed by atoms with Crippen molar-refractivity contribution in [2.45, 2.75) is 0 Å². The Hall–Kier alpha value is -2.86. The van der Waals surface area contributed by atoms with Gasteiger partial charge in [0.05, 0.1) is 17.7 Å². The molecule has 25 heavy (non-hydrogen) atoms. The Kier molecular flexibility index (Phi) is 4.72. The molecule has 0 spiro atoms. The van der Waals surface area contributed by atoms with Crippen LogP contribution in [-0.2, 0) is 9.53 Å². The number of ether oxygens (including phenoxy) is 3. The summed E-state index contributed by atoms with van der Waals surface area (Å²) in [5.74, 6) is -0.948. The standard InChI is InChI=1S/C18H12ClFO5/c1-23-17(21)9-24-10-5-6-11-15(7-10)25-16(18(11)22)8-12-13(19)3-2-4-14(12)20/h2-8H,9H2,1H3/b16-8-. The Morgan fingerprint density at radius 1 is 1.32 bits per heavy atom. The highest BCUT2D eigenvalue weighted by Gasteiger charge is 2.28. The SMILES string of the molecule is COC(=O)COc1ccc2c(c1)O/C(=C\c1c(F)cccc1Cl)C2=O. The number of hydrogen-bond donors (Lipinski definition) is 0. The number of Topliss-reactive ketones (excluding diaryl/α,β-unsaturated/α-hetero) is 1. The molecule has 0 saturated heterocycles. The largest absolute Gasteiger partial charge is 0.482 e. The zero-order chi connectivity index (χ0) is 18.0. The maximum Gasteiger partial charge on any atom is 0.343 e. The highest BCUT2D eigenvalue weighted by molar-refractivity contribution is 6.32. The van der Waals surface area contributed by atoms with Crippen molar-refractivity contribution < 1.29 is 28.2 Å². The molecule has 1 heterocycles. The van der Waals surface area contributed by atoms with Crippen LogP contribution in [0, 0.1) is 5.82 Å². The van der Waals surface area contributed by atoms with Crippen molar-refractivity contribution in [2.75, 3.05) is 13.7 Å². The molecule has 5 nitrogen and oxygen atoms in total. The van der Waals surface area contributed by atoms with Gasteiger partial charge in [0.2, 0.25) is 5.78 Å². The van der Waals surface area contributed by atoms with Crippen LogP contribution in [0.1, 0.15) is 15.9 Å². The fourth-order valence-corrected chi connectivity index (χ4v) is 2.46. The summed E-state index contributed by atoms with van der Waals surface area (Å²) in [5, 5.41) is 0.168. The van der Waals surface area contributed by atoms with Crippen LogP contribution in [0.5, 0.6) is 11.5 Å². The smallest absolute Gasteiger partial charge is 0.343 e. The van der Waals surface area contributed by atoms with Gasteiger partial charge < -0.3 is 14.2 Å². The molecule has 3 rings (SSSR count). The molecule has 0 aromatic heterocycles. The van der Waals surface area contributed by atoms with E-state index in [0.717, 1.165) is 0 Å². The monoisotopic (exact) mass is 362 g/mol. The molecule has 0 unspecified atom stereocenters. The fourth-order valence-electron chi connectivity index (χ4n) is 2.24. The van der Waals surface area contributed by atoms with Crippen molar-refractivity contribution in [1.29, 1.82) is 0 Å². The number of methoxy groups -OCH3 is 1. The van der Waals surface area contributed by atoms with Crippen LogP contribution in [0.3, 0.4) is 0 Å². The summed E-state index contributed by atoms with van der Waals surface area (Å²) in [6.45, 7) is -0.267. The Morgan fingerprint density at radius 3 is 2.84 bits per heavy atom. The number of allylic oxidation sites excluding steroid dienone is 1. The van der Waals surface area contributed by atoms with Gasteiger partial charge in [-0.1, -0.05) is 17.7 Å². The van der Waals surface area contributed by atoms with Crippen LogP contribution < -0.4 is 9.47 Å². The van der Waals surface area contributed by atoms with E-state index in [-0.39, 0.29) is 28.7 Å². The van der Waals surface area contributed by atoms with Crippen LogP contribution in [0.4, 0.5) is 4.39 Å². The van der Waals surface area contributed by atoms with Crippen molar-refractivity contribution in [1.82, 2.24) is 0 Å². The van der Waals surface area contributed by atoms with Crippen molar-refractivity contribution in [3.05, 3.63) is 64.1 Å². The molecule has 2 aromatic carbocycles.